The molecule has 0 unspecified atom stereocenters. The lowest BCUT2D eigenvalue weighted by atomic mass is 10.2. The molecule has 2 aromatic carbocycles. The molecule has 0 aliphatic carbocycles. The van der Waals surface area contributed by atoms with E-state index in [9.17, 15) is 9.59 Å². The van der Waals surface area contributed by atoms with Crippen molar-refractivity contribution in [3.05, 3.63) is 58.6 Å². The Labute approximate surface area is 184 Å². The van der Waals surface area contributed by atoms with E-state index in [1.165, 1.54) is 23.1 Å². The van der Waals surface area contributed by atoms with Crippen molar-refractivity contribution in [2.75, 3.05) is 23.0 Å². The molecule has 0 aliphatic heterocycles. The monoisotopic (exact) mass is 492 g/mol. The second-order valence-corrected chi connectivity index (χ2v) is 8.72. The quantitative estimate of drug-likeness (QED) is 0.350. The average Bonchev–Trinajstić information content (AvgIpc) is 3.16. The summed E-state index contributed by atoms with van der Waals surface area (Å²) in [6.07, 6.45) is 0. The highest BCUT2D eigenvalue weighted by Gasteiger charge is 2.15. The SMILES string of the molecule is CCOc1ccccc1C(=O)Nc1nnc(SCC(=O)Nc2ccc(Br)cc2)s1. The van der Waals surface area contributed by atoms with Gasteiger partial charge in [-0.05, 0) is 43.3 Å². The molecule has 0 saturated carbocycles. The second-order valence-electron chi connectivity index (χ2n) is 5.60. The van der Waals surface area contributed by atoms with E-state index in [1.807, 2.05) is 31.2 Å². The van der Waals surface area contributed by atoms with E-state index in [4.69, 9.17) is 4.74 Å². The Balaban J connectivity index is 1.53. The molecule has 29 heavy (non-hydrogen) atoms. The van der Waals surface area contributed by atoms with Gasteiger partial charge in [0, 0.05) is 10.2 Å². The normalized spacial score (nSPS) is 10.4. The number of hydrogen-bond acceptors (Lipinski definition) is 7. The Morgan fingerprint density at radius 1 is 1.10 bits per heavy atom. The van der Waals surface area contributed by atoms with Gasteiger partial charge in [-0.1, -0.05) is 51.2 Å². The minimum absolute atomic E-state index is 0.149. The molecule has 0 spiro atoms. The third-order valence-corrected chi connectivity index (χ3v) is 6.01. The summed E-state index contributed by atoms with van der Waals surface area (Å²) < 4.78 is 7.01. The number of carbonyl (C=O) groups excluding carboxylic acids is 2. The molecule has 10 heteroatoms. The highest BCUT2D eigenvalue weighted by Crippen LogP contribution is 2.27. The van der Waals surface area contributed by atoms with Crippen molar-refractivity contribution in [2.24, 2.45) is 0 Å². The van der Waals surface area contributed by atoms with Crippen LogP contribution in [0, 0.1) is 0 Å². The summed E-state index contributed by atoms with van der Waals surface area (Å²) in [6.45, 7) is 2.32. The largest absolute Gasteiger partial charge is 0.493 e. The number of anilines is 2. The van der Waals surface area contributed by atoms with Gasteiger partial charge in [0.1, 0.15) is 5.75 Å². The molecular formula is C19H17BrN4O3S2. The fourth-order valence-corrected chi connectivity index (χ4v) is 4.09. The van der Waals surface area contributed by atoms with Crippen molar-refractivity contribution in [2.45, 2.75) is 11.3 Å². The molecule has 3 rings (SSSR count). The first-order chi connectivity index (χ1) is 14.0. The average molecular weight is 493 g/mol. The Bertz CT molecular complexity index is 995. The molecule has 0 fully saturated rings. The smallest absolute Gasteiger partial charge is 0.261 e. The molecule has 2 N–H and O–H groups in total. The number of thioether (sulfide) groups is 1. The number of para-hydroxylation sites is 1. The Morgan fingerprint density at radius 3 is 2.62 bits per heavy atom. The van der Waals surface area contributed by atoms with Gasteiger partial charge in [-0.3, -0.25) is 14.9 Å². The van der Waals surface area contributed by atoms with E-state index < -0.39 is 0 Å². The molecule has 3 aromatic rings. The van der Waals surface area contributed by atoms with Gasteiger partial charge in [-0.15, -0.1) is 10.2 Å². The van der Waals surface area contributed by atoms with Crippen LogP contribution in [0.1, 0.15) is 17.3 Å². The zero-order chi connectivity index (χ0) is 20.6. The number of benzene rings is 2. The second kappa shape index (κ2) is 10.4. The molecule has 1 aromatic heterocycles. The van der Waals surface area contributed by atoms with E-state index in [1.54, 1.807) is 24.3 Å². The van der Waals surface area contributed by atoms with Crippen LogP contribution in [0.4, 0.5) is 10.8 Å². The van der Waals surface area contributed by atoms with E-state index in [0.717, 1.165) is 10.2 Å². The number of hydrogen-bond donors (Lipinski definition) is 2. The number of amides is 2. The lowest BCUT2D eigenvalue weighted by Gasteiger charge is -2.08. The maximum Gasteiger partial charge on any atom is 0.261 e. The van der Waals surface area contributed by atoms with E-state index in [0.29, 0.717) is 27.4 Å². The molecule has 1 heterocycles. The Kier molecular flexibility index (Phi) is 7.62. The zero-order valence-electron chi connectivity index (χ0n) is 15.3. The summed E-state index contributed by atoms with van der Waals surface area (Å²) in [7, 11) is 0. The first-order valence-corrected chi connectivity index (χ1v) is 11.2. The van der Waals surface area contributed by atoms with Gasteiger partial charge in [-0.25, -0.2) is 0 Å². The van der Waals surface area contributed by atoms with Crippen molar-refractivity contribution in [3.8, 4) is 5.75 Å². The first kappa shape index (κ1) is 21.3. The zero-order valence-corrected chi connectivity index (χ0v) is 18.6. The van der Waals surface area contributed by atoms with Gasteiger partial charge >= 0.3 is 0 Å². The fraction of sp³-hybridized carbons (Fsp3) is 0.158. The molecular weight excluding hydrogens is 476 g/mol. The summed E-state index contributed by atoms with van der Waals surface area (Å²) in [6, 6.07) is 14.3. The van der Waals surface area contributed by atoms with Gasteiger partial charge in [0.25, 0.3) is 5.91 Å². The topological polar surface area (TPSA) is 93.2 Å². The predicted octanol–water partition coefficient (Wildman–Crippen LogP) is 4.68. The molecule has 0 atom stereocenters. The minimum Gasteiger partial charge on any atom is -0.493 e. The number of rotatable bonds is 8. The molecule has 0 saturated heterocycles. The van der Waals surface area contributed by atoms with Crippen LogP contribution in [-0.4, -0.2) is 34.4 Å². The summed E-state index contributed by atoms with van der Waals surface area (Å²) in [4.78, 5) is 24.6. The van der Waals surface area contributed by atoms with Crippen LogP contribution in [0.3, 0.4) is 0 Å². The molecule has 150 valence electrons. The van der Waals surface area contributed by atoms with Crippen LogP contribution in [0.25, 0.3) is 0 Å². The fourth-order valence-electron chi connectivity index (χ4n) is 2.28. The Morgan fingerprint density at radius 2 is 1.86 bits per heavy atom. The predicted molar refractivity (Wildman–Crippen MR) is 119 cm³/mol. The van der Waals surface area contributed by atoms with Crippen molar-refractivity contribution in [1.82, 2.24) is 10.2 Å². The summed E-state index contributed by atoms with van der Waals surface area (Å²) in [5.74, 6) is 0.223. The van der Waals surface area contributed by atoms with Gasteiger partial charge < -0.3 is 10.1 Å². The van der Waals surface area contributed by atoms with E-state index in [-0.39, 0.29) is 17.6 Å². The summed E-state index contributed by atoms with van der Waals surface area (Å²) in [5, 5.41) is 13.9. The van der Waals surface area contributed by atoms with E-state index >= 15 is 0 Å². The van der Waals surface area contributed by atoms with Crippen molar-refractivity contribution < 1.29 is 14.3 Å². The third-order valence-electron chi connectivity index (χ3n) is 3.51. The van der Waals surface area contributed by atoms with Crippen LogP contribution >= 0.6 is 39.0 Å². The van der Waals surface area contributed by atoms with Crippen LogP contribution in [-0.2, 0) is 4.79 Å². The van der Waals surface area contributed by atoms with Gasteiger partial charge in [0.15, 0.2) is 4.34 Å². The lowest BCUT2D eigenvalue weighted by Crippen LogP contribution is -2.13. The molecule has 0 aliphatic rings. The van der Waals surface area contributed by atoms with Crippen LogP contribution in [0.15, 0.2) is 57.3 Å². The van der Waals surface area contributed by atoms with E-state index in [2.05, 4.69) is 36.8 Å². The van der Waals surface area contributed by atoms with Crippen LogP contribution < -0.4 is 15.4 Å². The third kappa shape index (κ3) is 6.28. The maximum absolute atomic E-state index is 12.5. The van der Waals surface area contributed by atoms with Gasteiger partial charge in [0.2, 0.25) is 11.0 Å². The van der Waals surface area contributed by atoms with Gasteiger partial charge in [0.05, 0.1) is 17.9 Å². The highest BCUT2D eigenvalue weighted by molar-refractivity contribution is 9.10. The number of nitrogens with one attached hydrogen (secondary N) is 2. The summed E-state index contributed by atoms with van der Waals surface area (Å²) in [5.41, 5.74) is 1.14. The number of halogens is 1. The lowest BCUT2D eigenvalue weighted by molar-refractivity contribution is -0.113. The van der Waals surface area contributed by atoms with Crippen LogP contribution in [0.5, 0.6) is 5.75 Å². The van der Waals surface area contributed by atoms with Crippen molar-refractivity contribution >= 4 is 61.7 Å². The number of nitrogens with zero attached hydrogens (tertiary/aromatic N) is 2. The maximum atomic E-state index is 12.5. The standard InChI is InChI=1S/C19H17BrN4O3S2/c1-2-27-15-6-4-3-5-14(15)17(26)22-18-23-24-19(29-18)28-11-16(25)21-13-9-7-12(20)8-10-13/h3-10H,2,11H2,1H3,(H,21,25)(H,22,23,26). The molecule has 2 amide bonds. The summed E-state index contributed by atoms with van der Waals surface area (Å²) >= 11 is 5.81. The highest BCUT2D eigenvalue weighted by atomic mass is 79.9. The first-order valence-electron chi connectivity index (χ1n) is 8.60. The van der Waals surface area contributed by atoms with Crippen LogP contribution in [0.2, 0.25) is 0 Å². The van der Waals surface area contributed by atoms with Gasteiger partial charge in [-0.2, -0.15) is 0 Å². The Hall–Kier alpha value is -2.43. The molecule has 0 radical (unpaired) electrons. The minimum atomic E-state index is -0.324. The number of carbonyl (C=O) groups is 2. The number of ether oxygens (including phenoxy) is 1. The number of aromatic nitrogens is 2. The molecule has 0 bridgehead atoms. The molecule has 7 nitrogen and oxygen atoms in total. The van der Waals surface area contributed by atoms with Crippen molar-refractivity contribution in [3.63, 3.8) is 0 Å². The van der Waals surface area contributed by atoms with Crippen molar-refractivity contribution in [1.29, 1.82) is 0 Å².